The van der Waals surface area contributed by atoms with Gasteiger partial charge in [0, 0.05) is 10.7 Å². The van der Waals surface area contributed by atoms with Crippen molar-refractivity contribution in [2.24, 2.45) is 0 Å². The average molecular weight is 349 g/mol. The summed E-state index contributed by atoms with van der Waals surface area (Å²) in [6.07, 6.45) is 3.78. The van der Waals surface area contributed by atoms with Crippen LogP contribution in [0.25, 0.3) is 0 Å². The predicted molar refractivity (Wildman–Crippen MR) is 89.7 cm³/mol. The first-order valence-corrected chi connectivity index (χ1v) is 8.00. The number of ether oxygens (including phenoxy) is 1. The summed E-state index contributed by atoms with van der Waals surface area (Å²) in [7, 11) is 1.71. The van der Waals surface area contributed by atoms with Crippen LogP contribution in [0.3, 0.4) is 0 Å². The van der Waals surface area contributed by atoms with E-state index in [0.717, 1.165) is 35.3 Å². The van der Waals surface area contributed by atoms with Crippen LogP contribution >= 0.6 is 15.9 Å². The summed E-state index contributed by atoms with van der Waals surface area (Å²) in [5.74, 6) is 0.914. The van der Waals surface area contributed by atoms with Gasteiger partial charge in [0.25, 0.3) is 0 Å². The van der Waals surface area contributed by atoms with Crippen molar-refractivity contribution in [3.05, 3.63) is 58.3 Å². The van der Waals surface area contributed by atoms with Gasteiger partial charge in [0.1, 0.15) is 5.75 Å². The Kier molecular flexibility index (Phi) is 6.21. The normalized spacial score (nSPS) is 12.1. The van der Waals surface area contributed by atoms with E-state index in [4.69, 9.17) is 4.74 Å². The number of halogens is 1. The van der Waals surface area contributed by atoms with Gasteiger partial charge in [0.15, 0.2) is 0 Å². The average Bonchev–Trinajstić information content (AvgIpc) is 2.52. The van der Waals surface area contributed by atoms with E-state index in [1.165, 1.54) is 5.56 Å². The molecule has 1 unspecified atom stereocenters. The van der Waals surface area contributed by atoms with Gasteiger partial charge >= 0.3 is 0 Å². The summed E-state index contributed by atoms with van der Waals surface area (Å²) < 4.78 is 6.54. The van der Waals surface area contributed by atoms with Gasteiger partial charge in [0.05, 0.1) is 18.8 Å². The van der Waals surface area contributed by atoms with Gasteiger partial charge in [-0.1, -0.05) is 28.9 Å². The number of nitrogens with one attached hydrogen (secondary N) is 1. The predicted octanol–water partition coefficient (Wildman–Crippen LogP) is 4.14. The third kappa shape index (κ3) is 4.55. The van der Waals surface area contributed by atoms with Gasteiger partial charge < -0.3 is 10.1 Å². The van der Waals surface area contributed by atoms with Crippen LogP contribution in [0.15, 0.2) is 47.1 Å². The van der Waals surface area contributed by atoms with E-state index in [1.807, 2.05) is 30.5 Å². The fraction of sp³-hybridized carbons (Fsp3) is 0.353. The number of hydrogen-bond acceptors (Lipinski definition) is 3. The molecule has 0 saturated carbocycles. The molecule has 0 aliphatic carbocycles. The number of hydrogen-bond donors (Lipinski definition) is 1. The lowest BCUT2D eigenvalue weighted by Crippen LogP contribution is -2.25. The molecular weight excluding hydrogens is 328 g/mol. The molecule has 1 N–H and O–H groups in total. The molecule has 0 fully saturated rings. The second kappa shape index (κ2) is 8.15. The molecule has 1 atom stereocenters. The fourth-order valence-electron chi connectivity index (χ4n) is 2.31. The molecule has 0 saturated heterocycles. The Bertz CT molecular complexity index is 560. The molecule has 0 aliphatic heterocycles. The third-order valence-corrected chi connectivity index (χ3v) is 3.85. The summed E-state index contributed by atoms with van der Waals surface area (Å²) >= 11 is 3.53. The van der Waals surface area contributed by atoms with Crippen LogP contribution in [0.5, 0.6) is 5.75 Å². The SMILES string of the molecule is CCCNC(Cc1cc(Br)ccc1OC)c1ccccn1. The van der Waals surface area contributed by atoms with E-state index < -0.39 is 0 Å². The van der Waals surface area contributed by atoms with Crippen LogP contribution in [0, 0.1) is 0 Å². The number of benzene rings is 1. The van der Waals surface area contributed by atoms with E-state index in [2.05, 4.69) is 45.3 Å². The Balaban J connectivity index is 2.24. The minimum atomic E-state index is 0.189. The number of nitrogens with zero attached hydrogens (tertiary/aromatic N) is 1. The van der Waals surface area contributed by atoms with Crippen molar-refractivity contribution in [2.75, 3.05) is 13.7 Å². The minimum absolute atomic E-state index is 0.189. The third-order valence-electron chi connectivity index (χ3n) is 3.35. The largest absolute Gasteiger partial charge is 0.496 e. The topological polar surface area (TPSA) is 34.1 Å². The molecule has 1 aromatic carbocycles. The van der Waals surface area contributed by atoms with Crippen molar-refractivity contribution in [2.45, 2.75) is 25.8 Å². The summed E-state index contributed by atoms with van der Waals surface area (Å²) in [5.41, 5.74) is 2.24. The Morgan fingerprint density at radius 2 is 2.14 bits per heavy atom. The van der Waals surface area contributed by atoms with Crippen LogP contribution < -0.4 is 10.1 Å². The van der Waals surface area contributed by atoms with Gasteiger partial charge in [0.2, 0.25) is 0 Å². The number of aromatic nitrogens is 1. The van der Waals surface area contributed by atoms with Gasteiger partial charge in [-0.3, -0.25) is 4.98 Å². The first-order chi connectivity index (χ1) is 10.2. The molecule has 1 heterocycles. The molecule has 1 aromatic heterocycles. The Morgan fingerprint density at radius 1 is 1.29 bits per heavy atom. The highest BCUT2D eigenvalue weighted by atomic mass is 79.9. The van der Waals surface area contributed by atoms with E-state index in [-0.39, 0.29) is 6.04 Å². The van der Waals surface area contributed by atoms with Crippen molar-refractivity contribution in [3.8, 4) is 5.75 Å². The maximum atomic E-state index is 5.47. The van der Waals surface area contributed by atoms with Gasteiger partial charge in [-0.2, -0.15) is 0 Å². The molecule has 0 radical (unpaired) electrons. The molecule has 0 amide bonds. The zero-order chi connectivity index (χ0) is 15.1. The molecular formula is C17H21BrN2O. The number of pyridine rings is 1. The van der Waals surface area contributed by atoms with Crippen LogP contribution in [0.4, 0.5) is 0 Å². The molecule has 2 aromatic rings. The van der Waals surface area contributed by atoms with Crippen molar-refractivity contribution in [1.29, 1.82) is 0 Å². The van der Waals surface area contributed by atoms with Gasteiger partial charge in [-0.05, 0) is 55.3 Å². The molecule has 0 aliphatic rings. The highest BCUT2D eigenvalue weighted by Crippen LogP contribution is 2.27. The minimum Gasteiger partial charge on any atom is -0.496 e. The quantitative estimate of drug-likeness (QED) is 0.816. The lowest BCUT2D eigenvalue weighted by Gasteiger charge is -2.19. The molecule has 2 rings (SSSR count). The summed E-state index contributed by atoms with van der Waals surface area (Å²) in [6, 6.07) is 12.3. The summed E-state index contributed by atoms with van der Waals surface area (Å²) in [6.45, 7) is 3.14. The molecule has 0 bridgehead atoms. The maximum Gasteiger partial charge on any atom is 0.122 e. The smallest absolute Gasteiger partial charge is 0.122 e. The van der Waals surface area contributed by atoms with Crippen LogP contribution in [0.2, 0.25) is 0 Å². The molecule has 4 heteroatoms. The molecule has 3 nitrogen and oxygen atoms in total. The van der Waals surface area contributed by atoms with Gasteiger partial charge in [-0.15, -0.1) is 0 Å². The summed E-state index contributed by atoms with van der Waals surface area (Å²) in [4.78, 5) is 4.49. The first-order valence-electron chi connectivity index (χ1n) is 7.21. The van der Waals surface area contributed by atoms with Crippen molar-refractivity contribution < 1.29 is 4.74 Å². The second-order valence-corrected chi connectivity index (χ2v) is 5.84. The standard InChI is InChI=1S/C17H21BrN2O/c1-3-9-19-16(15-6-4-5-10-20-15)12-13-11-14(18)7-8-17(13)21-2/h4-8,10-11,16,19H,3,9,12H2,1-2H3. The maximum absolute atomic E-state index is 5.47. The Labute approximate surface area is 134 Å². The van der Waals surface area contributed by atoms with Crippen LogP contribution in [-0.4, -0.2) is 18.6 Å². The fourth-order valence-corrected chi connectivity index (χ4v) is 2.72. The lowest BCUT2D eigenvalue weighted by molar-refractivity contribution is 0.404. The Morgan fingerprint density at radius 3 is 2.81 bits per heavy atom. The van der Waals surface area contributed by atoms with Crippen molar-refractivity contribution >= 4 is 15.9 Å². The van der Waals surface area contributed by atoms with Crippen molar-refractivity contribution in [3.63, 3.8) is 0 Å². The summed E-state index contributed by atoms with van der Waals surface area (Å²) in [5, 5.41) is 3.57. The molecule has 112 valence electrons. The van der Waals surface area contributed by atoms with Gasteiger partial charge in [-0.25, -0.2) is 0 Å². The highest BCUT2D eigenvalue weighted by Gasteiger charge is 2.15. The highest BCUT2D eigenvalue weighted by molar-refractivity contribution is 9.10. The van der Waals surface area contributed by atoms with E-state index in [0.29, 0.717) is 0 Å². The Hall–Kier alpha value is -1.39. The van der Waals surface area contributed by atoms with E-state index >= 15 is 0 Å². The lowest BCUT2D eigenvalue weighted by atomic mass is 10.0. The second-order valence-electron chi connectivity index (χ2n) is 4.92. The zero-order valence-corrected chi connectivity index (χ0v) is 14.1. The van der Waals surface area contributed by atoms with E-state index in [1.54, 1.807) is 7.11 Å². The first kappa shape index (κ1) is 16.0. The number of rotatable bonds is 7. The monoisotopic (exact) mass is 348 g/mol. The molecule has 0 spiro atoms. The zero-order valence-electron chi connectivity index (χ0n) is 12.5. The van der Waals surface area contributed by atoms with E-state index in [9.17, 15) is 0 Å². The van der Waals surface area contributed by atoms with Crippen molar-refractivity contribution in [1.82, 2.24) is 10.3 Å². The molecule has 21 heavy (non-hydrogen) atoms. The van der Waals surface area contributed by atoms with Crippen LogP contribution in [0.1, 0.15) is 30.6 Å². The number of methoxy groups -OCH3 is 1. The van der Waals surface area contributed by atoms with Crippen LogP contribution in [-0.2, 0) is 6.42 Å².